The van der Waals surface area contributed by atoms with Crippen molar-refractivity contribution >= 4 is 11.8 Å². The second-order valence-corrected chi connectivity index (χ2v) is 4.62. The predicted molar refractivity (Wildman–Crippen MR) is 73.2 cm³/mol. The number of carbonyl (C=O) groups is 1. The van der Waals surface area contributed by atoms with Crippen LogP contribution >= 0.6 is 0 Å². The van der Waals surface area contributed by atoms with Gasteiger partial charge in [0.2, 0.25) is 0 Å². The number of nitrogens with zero attached hydrogens (tertiary/aromatic N) is 3. The molecule has 0 aliphatic heterocycles. The maximum absolute atomic E-state index is 10.8. The fourth-order valence-electron chi connectivity index (χ4n) is 2.20. The molecule has 1 atom stereocenters. The van der Waals surface area contributed by atoms with E-state index >= 15 is 0 Å². The Kier molecular flexibility index (Phi) is 4.87. The van der Waals surface area contributed by atoms with E-state index in [-0.39, 0.29) is 12.5 Å². The van der Waals surface area contributed by atoms with Gasteiger partial charge in [0.25, 0.3) is 0 Å². The third kappa shape index (κ3) is 3.44. The minimum atomic E-state index is -0.853. The molecule has 0 aromatic carbocycles. The fourth-order valence-corrected chi connectivity index (χ4v) is 2.20. The van der Waals surface area contributed by atoms with Crippen molar-refractivity contribution in [3.8, 4) is 6.07 Å². The Labute approximate surface area is 113 Å². The number of aromatic nitrogens is 1. The van der Waals surface area contributed by atoms with E-state index < -0.39 is 5.97 Å². The zero-order valence-corrected chi connectivity index (χ0v) is 11.8. The molecule has 0 fully saturated rings. The van der Waals surface area contributed by atoms with Crippen LogP contribution < -0.4 is 4.90 Å². The SMILES string of the molecule is CCN(c1nc(C)cc(C)c1C#N)C(C)CC(=O)O. The van der Waals surface area contributed by atoms with Crippen LogP contribution in [-0.4, -0.2) is 28.6 Å². The second-order valence-electron chi connectivity index (χ2n) is 4.62. The van der Waals surface area contributed by atoms with Crippen molar-refractivity contribution in [1.29, 1.82) is 5.26 Å². The molecule has 1 aromatic rings. The molecule has 19 heavy (non-hydrogen) atoms. The Morgan fingerprint density at radius 2 is 2.21 bits per heavy atom. The van der Waals surface area contributed by atoms with Gasteiger partial charge in [-0.05, 0) is 39.3 Å². The lowest BCUT2D eigenvalue weighted by atomic mass is 10.1. The number of nitriles is 1. The monoisotopic (exact) mass is 261 g/mol. The molecule has 0 amide bonds. The van der Waals surface area contributed by atoms with Crippen LogP contribution in [0.4, 0.5) is 5.82 Å². The minimum Gasteiger partial charge on any atom is -0.481 e. The van der Waals surface area contributed by atoms with Gasteiger partial charge in [0.1, 0.15) is 11.9 Å². The molecule has 0 aliphatic carbocycles. The number of hydrogen-bond donors (Lipinski definition) is 1. The average Bonchev–Trinajstić information content (AvgIpc) is 2.28. The highest BCUT2D eigenvalue weighted by Gasteiger charge is 2.21. The van der Waals surface area contributed by atoms with E-state index in [4.69, 9.17) is 5.11 Å². The normalized spacial score (nSPS) is 11.7. The zero-order chi connectivity index (χ0) is 14.6. The summed E-state index contributed by atoms with van der Waals surface area (Å²) in [5.74, 6) is -0.273. The highest BCUT2D eigenvalue weighted by molar-refractivity contribution is 5.69. The van der Waals surface area contributed by atoms with Crippen molar-refractivity contribution in [3.63, 3.8) is 0 Å². The Morgan fingerprint density at radius 1 is 1.58 bits per heavy atom. The summed E-state index contributed by atoms with van der Waals surface area (Å²) >= 11 is 0. The third-order valence-corrected chi connectivity index (χ3v) is 3.05. The van der Waals surface area contributed by atoms with Gasteiger partial charge >= 0.3 is 5.97 Å². The largest absolute Gasteiger partial charge is 0.481 e. The number of anilines is 1. The molecule has 1 rings (SSSR count). The van der Waals surface area contributed by atoms with Gasteiger partial charge in [-0.2, -0.15) is 5.26 Å². The lowest BCUT2D eigenvalue weighted by molar-refractivity contribution is -0.137. The van der Waals surface area contributed by atoms with E-state index in [1.807, 2.05) is 38.7 Å². The summed E-state index contributed by atoms with van der Waals surface area (Å²) in [6, 6.07) is 3.82. The Morgan fingerprint density at radius 3 is 2.68 bits per heavy atom. The first-order valence-corrected chi connectivity index (χ1v) is 6.27. The van der Waals surface area contributed by atoms with Crippen LogP contribution in [0, 0.1) is 25.2 Å². The number of aliphatic carboxylic acids is 1. The van der Waals surface area contributed by atoms with Crippen LogP contribution in [0.3, 0.4) is 0 Å². The third-order valence-electron chi connectivity index (χ3n) is 3.05. The molecular formula is C14H19N3O2. The number of carboxylic acids is 1. The van der Waals surface area contributed by atoms with Crippen LogP contribution in [0.1, 0.15) is 37.1 Å². The number of rotatable bonds is 5. The molecule has 1 aromatic heterocycles. The molecule has 0 saturated heterocycles. The van der Waals surface area contributed by atoms with E-state index in [1.54, 1.807) is 0 Å². The van der Waals surface area contributed by atoms with E-state index in [1.165, 1.54) is 0 Å². The molecule has 5 heteroatoms. The Balaban J connectivity index is 3.25. The van der Waals surface area contributed by atoms with Crippen molar-refractivity contribution in [2.24, 2.45) is 0 Å². The number of carboxylic acid groups (broad SMARTS) is 1. The van der Waals surface area contributed by atoms with Gasteiger partial charge in [0.05, 0.1) is 12.0 Å². The highest BCUT2D eigenvalue weighted by Crippen LogP contribution is 2.24. The van der Waals surface area contributed by atoms with Gasteiger partial charge in [-0.25, -0.2) is 4.98 Å². The fraction of sp³-hybridized carbons (Fsp3) is 0.500. The molecule has 102 valence electrons. The van der Waals surface area contributed by atoms with E-state index in [0.717, 1.165) is 11.3 Å². The van der Waals surface area contributed by atoms with E-state index in [0.29, 0.717) is 17.9 Å². The summed E-state index contributed by atoms with van der Waals surface area (Å²) in [6.45, 7) is 8.11. The van der Waals surface area contributed by atoms with Crippen molar-refractivity contribution in [1.82, 2.24) is 4.98 Å². The van der Waals surface area contributed by atoms with Crippen molar-refractivity contribution < 1.29 is 9.90 Å². The number of aryl methyl sites for hydroxylation is 2. The van der Waals surface area contributed by atoms with Gasteiger partial charge in [0.15, 0.2) is 0 Å². The van der Waals surface area contributed by atoms with Crippen LogP contribution in [-0.2, 0) is 4.79 Å². The summed E-state index contributed by atoms with van der Waals surface area (Å²) in [7, 11) is 0. The van der Waals surface area contributed by atoms with Crippen LogP contribution in [0.25, 0.3) is 0 Å². The maximum atomic E-state index is 10.8. The number of hydrogen-bond acceptors (Lipinski definition) is 4. The molecular weight excluding hydrogens is 242 g/mol. The topological polar surface area (TPSA) is 77.2 Å². The molecule has 1 unspecified atom stereocenters. The lowest BCUT2D eigenvalue weighted by Gasteiger charge is -2.29. The van der Waals surface area contributed by atoms with Crippen LogP contribution in [0.2, 0.25) is 0 Å². The summed E-state index contributed by atoms with van der Waals surface area (Å²) < 4.78 is 0. The van der Waals surface area contributed by atoms with Gasteiger partial charge in [-0.15, -0.1) is 0 Å². The average molecular weight is 261 g/mol. The summed E-state index contributed by atoms with van der Waals surface area (Å²) in [5, 5.41) is 18.2. The summed E-state index contributed by atoms with van der Waals surface area (Å²) in [4.78, 5) is 17.1. The summed E-state index contributed by atoms with van der Waals surface area (Å²) in [5.41, 5.74) is 2.21. The standard InChI is InChI=1S/C14H19N3O2/c1-5-17(11(4)7-13(18)19)14-12(8-15)9(2)6-10(3)16-14/h6,11H,5,7H2,1-4H3,(H,18,19). The quantitative estimate of drug-likeness (QED) is 0.879. The molecule has 5 nitrogen and oxygen atoms in total. The van der Waals surface area contributed by atoms with Crippen molar-refractivity contribution in [2.45, 2.75) is 40.2 Å². The zero-order valence-electron chi connectivity index (χ0n) is 11.8. The first-order chi connectivity index (χ1) is 8.90. The van der Waals surface area contributed by atoms with E-state index in [9.17, 15) is 10.1 Å². The van der Waals surface area contributed by atoms with E-state index in [2.05, 4.69) is 11.1 Å². The smallest absolute Gasteiger partial charge is 0.305 e. The van der Waals surface area contributed by atoms with Gasteiger partial charge in [0, 0.05) is 18.3 Å². The molecule has 0 radical (unpaired) electrons. The first kappa shape index (κ1) is 15.0. The Hall–Kier alpha value is -2.09. The van der Waals surface area contributed by atoms with Crippen molar-refractivity contribution in [3.05, 3.63) is 22.9 Å². The number of pyridine rings is 1. The van der Waals surface area contributed by atoms with Gasteiger partial charge < -0.3 is 10.0 Å². The Bertz CT molecular complexity index is 520. The lowest BCUT2D eigenvalue weighted by Crippen LogP contribution is -2.36. The van der Waals surface area contributed by atoms with Crippen LogP contribution in [0.15, 0.2) is 6.07 Å². The minimum absolute atomic E-state index is 0.0212. The molecule has 1 N–H and O–H groups in total. The van der Waals surface area contributed by atoms with Crippen molar-refractivity contribution in [2.75, 3.05) is 11.4 Å². The highest BCUT2D eigenvalue weighted by atomic mass is 16.4. The molecule has 0 saturated carbocycles. The molecule has 1 heterocycles. The molecule has 0 bridgehead atoms. The molecule has 0 aliphatic rings. The van der Waals surface area contributed by atoms with Gasteiger partial charge in [-0.3, -0.25) is 4.79 Å². The first-order valence-electron chi connectivity index (χ1n) is 6.27. The van der Waals surface area contributed by atoms with Crippen LogP contribution in [0.5, 0.6) is 0 Å². The summed E-state index contributed by atoms with van der Waals surface area (Å²) in [6.07, 6.45) is 0.0212. The molecule has 0 spiro atoms. The predicted octanol–water partition coefficient (Wildman–Crippen LogP) is 2.26. The van der Waals surface area contributed by atoms with Gasteiger partial charge in [-0.1, -0.05) is 0 Å². The second kappa shape index (κ2) is 6.19. The maximum Gasteiger partial charge on any atom is 0.305 e.